The van der Waals surface area contributed by atoms with Crippen molar-refractivity contribution in [3.63, 3.8) is 0 Å². The monoisotopic (exact) mass is 563 g/mol. The number of carbonyl (C=O) groups is 1. The third-order valence-corrected chi connectivity index (χ3v) is 8.63. The van der Waals surface area contributed by atoms with E-state index in [-0.39, 0.29) is 23.6 Å². The van der Waals surface area contributed by atoms with Gasteiger partial charge in [-0.2, -0.15) is 10.4 Å². The van der Waals surface area contributed by atoms with Gasteiger partial charge in [-0.3, -0.25) is 9.69 Å². The number of amides is 1. The molecule has 0 spiro atoms. The maximum Gasteiger partial charge on any atom is 0.257 e. The molecule has 7 nitrogen and oxygen atoms in total. The summed E-state index contributed by atoms with van der Waals surface area (Å²) in [7, 11) is 1.68. The zero-order chi connectivity index (χ0) is 29.1. The average Bonchev–Trinajstić information content (AvgIpc) is 3.70. The first-order valence-electron chi connectivity index (χ1n) is 14.5. The summed E-state index contributed by atoms with van der Waals surface area (Å²) in [4.78, 5) is 18.4. The van der Waals surface area contributed by atoms with Gasteiger partial charge in [-0.1, -0.05) is 30.3 Å². The number of benzene rings is 3. The predicted molar refractivity (Wildman–Crippen MR) is 158 cm³/mol. The van der Waals surface area contributed by atoms with E-state index in [1.54, 1.807) is 25.4 Å². The summed E-state index contributed by atoms with van der Waals surface area (Å²) < 4.78 is 21.2. The third-order valence-electron chi connectivity index (χ3n) is 8.63. The van der Waals surface area contributed by atoms with Crippen LogP contribution in [0, 0.1) is 17.1 Å². The molecule has 2 saturated heterocycles. The fraction of sp³-hybridized carbons (Fsp3) is 0.324. The number of ether oxygens (including phenoxy) is 1. The molecule has 0 bridgehead atoms. The zero-order valence-corrected chi connectivity index (χ0v) is 23.7. The standard InChI is InChI=1S/C34H34FN5O2/c1-42-32-5-3-2-4-30(32)27-16-19-39(23-27)34(41)31-21-37-40(29-12-10-28(35)11-13-29)33(31)26-14-17-38(18-15-26)22-25-8-6-24(20-36)7-9-25/h2-13,21,26-27H,14-19,22-23H2,1H3/t27-/m0/s1. The topological polar surface area (TPSA) is 74.4 Å². The second kappa shape index (κ2) is 12.2. The molecule has 1 amide bonds. The van der Waals surface area contributed by atoms with Gasteiger partial charge in [-0.25, -0.2) is 9.07 Å². The van der Waals surface area contributed by atoms with Gasteiger partial charge in [0.1, 0.15) is 11.6 Å². The van der Waals surface area contributed by atoms with E-state index in [2.05, 4.69) is 22.1 Å². The lowest BCUT2D eigenvalue weighted by atomic mass is 9.90. The van der Waals surface area contributed by atoms with E-state index in [0.29, 0.717) is 24.2 Å². The van der Waals surface area contributed by atoms with Crippen molar-refractivity contribution in [1.29, 1.82) is 5.26 Å². The summed E-state index contributed by atoms with van der Waals surface area (Å²) in [6.07, 6.45) is 4.34. The normalized spacial score (nSPS) is 17.7. The first-order valence-corrected chi connectivity index (χ1v) is 14.5. The summed E-state index contributed by atoms with van der Waals surface area (Å²) in [5, 5.41) is 13.8. The molecule has 214 valence electrons. The number of halogens is 1. The Balaban J connectivity index is 1.23. The quantitative estimate of drug-likeness (QED) is 0.280. The number of hydrogen-bond donors (Lipinski definition) is 0. The number of nitrogens with zero attached hydrogens (tertiary/aromatic N) is 5. The lowest BCUT2D eigenvalue weighted by molar-refractivity contribution is 0.0788. The lowest BCUT2D eigenvalue weighted by Gasteiger charge is -2.33. The molecule has 0 unspecified atom stereocenters. The smallest absolute Gasteiger partial charge is 0.257 e. The van der Waals surface area contributed by atoms with Crippen LogP contribution in [-0.2, 0) is 6.54 Å². The molecule has 3 aromatic carbocycles. The number of hydrogen-bond acceptors (Lipinski definition) is 5. The fourth-order valence-corrected chi connectivity index (χ4v) is 6.38. The molecular weight excluding hydrogens is 529 g/mol. The van der Waals surface area contributed by atoms with Gasteiger partial charge < -0.3 is 9.64 Å². The van der Waals surface area contributed by atoms with E-state index < -0.39 is 0 Å². The molecule has 2 fully saturated rings. The number of methoxy groups -OCH3 is 1. The number of likely N-dealkylation sites (tertiary alicyclic amines) is 2. The first-order chi connectivity index (χ1) is 20.5. The SMILES string of the molecule is COc1ccccc1[C@H]1CCN(C(=O)c2cnn(-c3ccc(F)cc3)c2C2CCN(Cc3ccc(C#N)cc3)CC2)C1. The Hall–Kier alpha value is -4.48. The average molecular weight is 564 g/mol. The van der Waals surface area contributed by atoms with Crippen LogP contribution < -0.4 is 4.74 Å². The van der Waals surface area contributed by atoms with Gasteiger partial charge in [0.25, 0.3) is 5.91 Å². The molecule has 2 aliphatic heterocycles. The fourth-order valence-electron chi connectivity index (χ4n) is 6.38. The van der Waals surface area contributed by atoms with Gasteiger partial charge in [0, 0.05) is 31.5 Å². The Morgan fingerprint density at radius 2 is 1.69 bits per heavy atom. The number of piperidine rings is 1. The second-order valence-electron chi connectivity index (χ2n) is 11.2. The molecule has 1 aromatic heterocycles. The number of para-hydroxylation sites is 1. The summed E-state index contributed by atoms with van der Waals surface area (Å²) >= 11 is 0. The highest BCUT2D eigenvalue weighted by Crippen LogP contribution is 2.37. The summed E-state index contributed by atoms with van der Waals surface area (Å²) in [5.41, 5.74) is 5.26. The van der Waals surface area contributed by atoms with Gasteiger partial charge in [0.15, 0.2) is 0 Å². The van der Waals surface area contributed by atoms with E-state index >= 15 is 0 Å². The van der Waals surface area contributed by atoms with E-state index in [4.69, 9.17) is 10.00 Å². The van der Waals surface area contributed by atoms with Crippen molar-refractivity contribution in [2.24, 2.45) is 0 Å². The molecule has 8 heteroatoms. The molecule has 0 aliphatic carbocycles. The summed E-state index contributed by atoms with van der Waals surface area (Å²) in [6, 6.07) is 24.2. The van der Waals surface area contributed by atoms with Crippen LogP contribution in [0.3, 0.4) is 0 Å². The Morgan fingerprint density at radius 3 is 2.40 bits per heavy atom. The molecule has 0 N–H and O–H groups in total. The predicted octanol–water partition coefficient (Wildman–Crippen LogP) is 5.90. The van der Waals surface area contributed by atoms with Crippen molar-refractivity contribution in [3.05, 3.63) is 113 Å². The van der Waals surface area contributed by atoms with Crippen LogP contribution in [0.25, 0.3) is 5.69 Å². The minimum atomic E-state index is -0.306. The van der Waals surface area contributed by atoms with Crippen LogP contribution in [0.15, 0.2) is 79.0 Å². The number of nitriles is 1. The highest BCUT2D eigenvalue weighted by molar-refractivity contribution is 5.95. The van der Waals surface area contributed by atoms with Crippen LogP contribution >= 0.6 is 0 Å². The van der Waals surface area contributed by atoms with E-state index in [9.17, 15) is 9.18 Å². The Kier molecular flexibility index (Phi) is 8.02. The Labute approximate surface area is 245 Å². The van der Waals surface area contributed by atoms with Crippen LogP contribution in [0.4, 0.5) is 4.39 Å². The van der Waals surface area contributed by atoms with Crippen LogP contribution in [0.5, 0.6) is 5.75 Å². The van der Waals surface area contributed by atoms with Crippen LogP contribution in [0.2, 0.25) is 0 Å². The Bertz CT molecular complexity index is 1580. The molecule has 42 heavy (non-hydrogen) atoms. The van der Waals surface area contributed by atoms with E-state index in [1.807, 2.05) is 52.0 Å². The lowest BCUT2D eigenvalue weighted by Crippen LogP contribution is -2.34. The van der Waals surface area contributed by atoms with Crippen molar-refractivity contribution in [2.75, 3.05) is 33.3 Å². The minimum Gasteiger partial charge on any atom is -0.496 e. The van der Waals surface area contributed by atoms with E-state index in [1.165, 1.54) is 17.7 Å². The van der Waals surface area contributed by atoms with Crippen molar-refractivity contribution in [1.82, 2.24) is 19.6 Å². The third kappa shape index (κ3) is 5.65. The largest absolute Gasteiger partial charge is 0.496 e. The van der Waals surface area contributed by atoms with Crippen molar-refractivity contribution >= 4 is 5.91 Å². The number of rotatable bonds is 7. The van der Waals surface area contributed by atoms with Crippen molar-refractivity contribution < 1.29 is 13.9 Å². The summed E-state index contributed by atoms with van der Waals surface area (Å²) in [5.74, 6) is 0.900. The van der Waals surface area contributed by atoms with Crippen molar-refractivity contribution in [2.45, 2.75) is 37.6 Å². The molecule has 4 aromatic rings. The van der Waals surface area contributed by atoms with Gasteiger partial charge in [-0.05, 0) is 85.9 Å². The zero-order valence-electron chi connectivity index (χ0n) is 23.7. The van der Waals surface area contributed by atoms with Crippen LogP contribution in [-0.4, -0.2) is 58.8 Å². The van der Waals surface area contributed by atoms with E-state index in [0.717, 1.165) is 61.6 Å². The molecule has 1 atom stereocenters. The molecule has 3 heterocycles. The number of aromatic nitrogens is 2. The van der Waals surface area contributed by atoms with Gasteiger partial charge in [-0.15, -0.1) is 0 Å². The maximum atomic E-state index is 14.0. The van der Waals surface area contributed by atoms with Crippen molar-refractivity contribution in [3.8, 4) is 17.5 Å². The molecule has 2 aliphatic rings. The highest BCUT2D eigenvalue weighted by atomic mass is 19.1. The molecular formula is C34H34FN5O2. The highest BCUT2D eigenvalue weighted by Gasteiger charge is 2.34. The maximum absolute atomic E-state index is 14.0. The second-order valence-corrected chi connectivity index (χ2v) is 11.2. The number of carbonyl (C=O) groups excluding carboxylic acids is 1. The molecule has 0 saturated carbocycles. The summed E-state index contributed by atoms with van der Waals surface area (Å²) in [6.45, 7) is 3.88. The van der Waals surface area contributed by atoms with Crippen LogP contribution in [0.1, 0.15) is 63.8 Å². The minimum absolute atomic E-state index is 0.00392. The molecule has 0 radical (unpaired) electrons. The Morgan fingerprint density at radius 1 is 0.976 bits per heavy atom. The molecule has 6 rings (SSSR count). The van der Waals surface area contributed by atoms with Gasteiger partial charge in [0.2, 0.25) is 0 Å². The van der Waals surface area contributed by atoms with Gasteiger partial charge >= 0.3 is 0 Å². The first kappa shape index (κ1) is 27.7. The van der Waals surface area contributed by atoms with Gasteiger partial charge in [0.05, 0.1) is 41.9 Å².